The van der Waals surface area contributed by atoms with Crippen LogP contribution in [-0.2, 0) is 0 Å². The van der Waals surface area contributed by atoms with Crippen LogP contribution in [0.15, 0.2) is 27.1 Å². The largest absolute Gasteiger partial charge is 0.250 e. The lowest BCUT2D eigenvalue weighted by molar-refractivity contribution is 0.516. The fourth-order valence-electron chi connectivity index (χ4n) is 0.877. The Morgan fingerprint density at radius 3 is 2.17 bits per heavy atom. The normalized spacial score (nSPS) is 10.8. The standard InChI is InChI=1S/C9H8Br2F/c1-6(5-12)7-2-8(10)4-9(11)3-7/h2-4H,5H2,1H3. The summed E-state index contributed by atoms with van der Waals surface area (Å²) in [4.78, 5) is 0. The Kier molecular flexibility index (Phi) is 3.72. The van der Waals surface area contributed by atoms with E-state index in [4.69, 9.17) is 0 Å². The molecule has 1 aromatic carbocycles. The van der Waals surface area contributed by atoms with Gasteiger partial charge in [0.1, 0.15) is 0 Å². The van der Waals surface area contributed by atoms with Gasteiger partial charge in [-0.05, 0) is 23.8 Å². The molecule has 0 aliphatic rings. The van der Waals surface area contributed by atoms with Crippen molar-refractivity contribution in [3.63, 3.8) is 0 Å². The van der Waals surface area contributed by atoms with Gasteiger partial charge >= 0.3 is 0 Å². The van der Waals surface area contributed by atoms with Gasteiger partial charge < -0.3 is 0 Å². The molecule has 1 aromatic rings. The first-order valence-electron chi connectivity index (χ1n) is 3.48. The Hall–Kier alpha value is 0.110. The fraction of sp³-hybridized carbons (Fsp3) is 0.222. The molecule has 0 aliphatic carbocycles. The van der Waals surface area contributed by atoms with Gasteiger partial charge in [0.25, 0.3) is 0 Å². The maximum atomic E-state index is 12.3. The molecule has 65 valence electrons. The van der Waals surface area contributed by atoms with Crippen molar-refractivity contribution >= 4 is 31.9 Å². The van der Waals surface area contributed by atoms with Crippen molar-refractivity contribution in [2.45, 2.75) is 6.92 Å². The van der Waals surface area contributed by atoms with Gasteiger partial charge in [0.15, 0.2) is 0 Å². The van der Waals surface area contributed by atoms with Crippen LogP contribution in [0.2, 0.25) is 0 Å². The van der Waals surface area contributed by atoms with Crippen LogP contribution < -0.4 is 0 Å². The highest BCUT2D eigenvalue weighted by Gasteiger charge is 2.06. The molecule has 0 fully saturated rings. The summed E-state index contributed by atoms with van der Waals surface area (Å²) in [5.74, 6) is 0.747. The maximum absolute atomic E-state index is 12.3. The second kappa shape index (κ2) is 4.38. The van der Waals surface area contributed by atoms with Gasteiger partial charge in [0.05, 0.1) is 6.67 Å². The minimum Gasteiger partial charge on any atom is -0.250 e. The molecule has 0 aromatic heterocycles. The van der Waals surface area contributed by atoms with E-state index in [-0.39, 0.29) is 0 Å². The molecule has 0 saturated carbocycles. The summed E-state index contributed by atoms with van der Waals surface area (Å²) in [5, 5.41) is 0. The van der Waals surface area contributed by atoms with E-state index < -0.39 is 6.67 Å². The number of benzene rings is 1. The van der Waals surface area contributed by atoms with Crippen LogP contribution in [0.3, 0.4) is 0 Å². The predicted molar refractivity (Wildman–Crippen MR) is 55.8 cm³/mol. The first-order chi connectivity index (χ1) is 5.63. The summed E-state index contributed by atoms with van der Waals surface area (Å²) in [6.07, 6.45) is 0. The lowest BCUT2D eigenvalue weighted by Crippen LogP contribution is -1.96. The van der Waals surface area contributed by atoms with E-state index in [1.165, 1.54) is 0 Å². The Morgan fingerprint density at radius 2 is 1.75 bits per heavy atom. The molecule has 0 atom stereocenters. The van der Waals surface area contributed by atoms with Crippen molar-refractivity contribution in [2.24, 2.45) is 0 Å². The highest BCUT2D eigenvalue weighted by atomic mass is 79.9. The number of alkyl halides is 1. The molecule has 0 bridgehead atoms. The second-order valence-electron chi connectivity index (χ2n) is 2.57. The van der Waals surface area contributed by atoms with E-state index in [9.17, 15) is 4.39 Å². The first kappa shape index (κ1) is 10.2. The lowest BCUT2D eigenvalue weighted by atomic mass is 10.0. The Bertz CT molecular complexity index is 253. The van der Waals surface area contributed by atoms with E-state index >= 15 is 0 Å². The average molecular weight is 295 g/mol. The van der Waals surface area contributed by atoms with Crippen molar-refractivity contribution in [1.82, 2.24) is 0 Å². The fourth-order valence-corrected chi connectivity index (χ4v) is 2.17. The Morgan fingerprint density at radius 1 is 1.25 bits per heavy atom. The summed E-state index contributed by atoms with van der Waals surface area (Å²) in [5.41, 5.74) is 0.929. The summed E-state index contributed by atoms with van der Waals surface area (Å²) in [6.45, 7) is 1.39. The van der Waals surface area contributed by atoms with E-state index in [1.807, 2.05) is 18.2 Å². The maximum Gasteiger partial charge on any atom is 0.0997 e. The molecule has 0 spiro atoms. The van der Waals surface area contributed by atoms with Gasteiger partial charge in [0, 0.05) is 14.9 Å². The van der Waals surface area contributed by atoms with Crippen LogP contribution in [0.25, 0.3) is 0 Å². The third-order valence-electron chi connectivity index (χ3n) is 1.56. The summed E-state index contributed by atoms with van der Waals surface area (Å²) in [7, 11) is 0. The second-order valence-corrected chi connectivity index (χ2v) is 4.40. The number of halogens is 3. The Balaban J connectivity index is 3.00. The van der Waals surface area contributed by atoms with Crippen LogP contribution in [0.1, 0.15) is 12.5 Å². The molecule has 0 heterocycles. The van der Waals surface area contributed by atoms with E-state index in [1.54, 1.807) is 6.92 Å². The van der Waals surface area contributed by atoms with Gasteiger partial charge in [-0.3, -0.25) is 4.39 Å². The minimum absolute atomic E-state index is 0.400. The molecule has 0 saturated heterocycles. The smallest absolute Gasteiger partial charge is 0.0997 e. The SMILES string of the molecule is C[C](CF)c1cc(Br)cc(Br)c1. The number of hydrogen-bond acceptors (Lipinski definition) is 0. The number of rotatable bonds is 2. The van der Waals surface area contributed by atoms with Crippen molar-refractivity contribution in [1.29, 1.82) is 0 Å². The van der Waals surface area contributed by atoms with Crippen LogP contribution in [0.5, 0.6) is 0 Å². The Labute approximate surface area is 88.4 Å². The molecule has 0 nitrogen and oxygen atoms in total. The topological polar surface area (TPSA) is 0 Å². The zero-order valence-corrected chi connectivity index (χ0v) is 9.75. The molecule has 0 aliphatic heterocycles. The van der Waals surface area contributed by atoms with Crippen molar-refractivity contribution < 1.29 is 4.39 Å². The molecule has 12 heavy (non-hydrogen) atoms. The van der Waals surface area contributed by atoms with Crippen LogP contribution >= 0.6 is 31.9 Å². The molecule has 3 heteroatoms. The van der Waals surface area contributed by atoms with Crippen molar-refractivity contribution in [2.75, 3.05) is 6.67 Å². The predicted octanol–water partition coefficient (Wildman–Crippen LogP) is 4.12. The van der Waals surface area contributed by atoms with Crippen molar-refractivity contribution in [3.05, 3.63) is 38.6 Å². The first-order valence-corrected chi connectivity index (χ1v) is 5.07. The molecule has 0 N–H and O–H groups in total. The van der Waals surface area contributed by atoms with E-state index in [0.29, 0.717) is 0 Å². The summed E-state index contributed by atoms with van der Waals surface area (Å²) < 4.78 is 14.2. The molecule has 0 amide bonds. The van der Waals surface area contributed by atoms with Crippen molar-refractivity contribution in [3.8, 4) is 0 Å². The van der Waals surface area contributed by atoms with Crippen LogP contribution in [0.4, 0.5) is 4.39 Å². The molecule has 0 unspecified atom stereocenters. The number of hydrogen-bond donors (Lipinski definition) is 0. The molecular formula is C9H8Br2F. The minimum atomic E-state index is -0.400. The quantitative estimate of drug-likeness (QED) is 0.769. The zero-order valence-electron chi connectivity index (χ0n) is 6.57. The highest BCUT2D eigenvalue weighted by Crippen LogP contribution is 2.24. The third-order valence-corrected chi connectivity index (χ3v) is 2.47. The van der Waals surface area contributed by atoms with Crippen LogP contribution in [0, 0.1) is 5.92 Å². The summed E-state index contributed by atoms with van der Waals surface area (Å²) in [6, 6.07) is 5.73. The summed E-state index contributed by atoms with van der Waals surface area (Å²) >= 11 is 6.69. The lowest BCUT2D eigenvalue weighted by Gasteiger charge is -2.07. The van der Waals surface area contributed by atoms with Gasteiger partial charge in [-0.2, -0.15) is 0 Å². The third kappa shape index (κ3) is 2.56. The van der Waals surface area contributed by atoms with Gasteiger partial charge in [-0.25, -0.2) is 0 Å². The molecular weight excluding hydrogens is 287 g/mol. The van der Waals surface area contributed by atoms with Crippen LogP contribution in [-0.4, -0.2) is 6.67 Å². The monoisotopic (exact) mass is 293 g/mol. The van der Waals surface area contributed by atoms with E-state index in [0.717, 1.165) is 20.4 Å². The van der Waals surface area contributed by atoms with Gasteiger partial charge in [-0.1, -0.05) is 38.8 Å². The average Bonchev–Trinajstić information content (AvgIpc) is 2.01. The van der Waals surface area contributed by atoms with Gasteiger partial charge in [-0.15, -0.1) is 0 Å². The zero-order chi connectivity index (χ0) is 9.14. The molecule has 1 radical (unpaired) electrons. The van der Waals surface area contributed by atoms with E-state index in [2.05, 4.69) is 31.9 Å². The molecule has 1 rings (SSSR count). The highest BCUT2D eigenvalue weighted by molar-refractivity contribution is 9.11. The van der Waals surface area contributed by atoms with Gasteiger partial charge in [0.2, 0.25) is 0 Å².